The monoisotopic (exact) mass is 361 g/mol. The number of H-pyrrole nitrogens is 1. The van der Waals surface area contributed by atoms with Crippen LogP contribution in [0.2, 0.25) is 0 Å². The van der Waals surface area contributed by atoms with E-state index in [0.717, 1.165) is 18.9 Å². The molecule has 1 saturated carbocycles. The zero-order valence-corrected chi connectivity index (χ0v) is 14.7. The van der Waals surface area contributed by atoms with Gasteiger partial charge in [0.25, 0.3) is 11.5 Å². The van der Waals surface area contributed by atoms with Crippen molar-refractivity contribution in [1.29, 1.82) is 0 Å². The summed E-state index contributed by atoms with van der Waals surface area (Å²) >= 11 is 0. The Morgan fingerprint density at radius 2 is 2.12 bits per heavy atom. The fourth-order valence-corrected chi connectivity index (χ4v) is 3.17. The third kappa shape index (κ3) is 3.98. The number of benzene rings is 1. The molecule has 1 aliphatic carbocycles. The third-order valence-corrected chi connectivity index (χ3v) is 5.02. The van der Waals surface area contributed by atoms with Crippen molar-refractivity contribution in [2.24, 2.45) is 11.3 Å². The lowest BCUT2D eigenvalue weighted by atomic mass is 9.78. The number of nitrogens with one attached hydrogen (secondary N) is 2. The number of aromatic nitrogens is 2. The highest BCUT2D eigenvalue weighted by atomic mass is 19.1. The Morgan fingerprint density at radius 1 is 1.38 bits per heavy atom. The molecule has 26 heavy (non-hydrogen) atoms. The van der Waals surface area contributed by atoms with E-state index in [1.165, 1.54) is 18.3 Å². The summed E-state index contributed by atoms with van der Waals surface area (Å²) in [4.78, 5) is 30.3. The van der Waals surface area contributed by atoms with Gasteiger partial charge in [-0.05, 0) is 49.1 Å². The molecule has 3 rings (SSSR count). The molecule has 0 unspecified atom stereocenters. The number of nitrogens with zero attached hydrogens (tertiary/aromatic N) is 1. The molecule has 5 nitrogen and oxygen atoms in total. The lowest BCUT2D eigenvalue weighted by Crippen LogP contribution is -2.40. The molecule has 1 fully saturated rings. The van der Waals surface area contributed by atoms with E-state index >= 15 is 0 Å². The molecule has 1 aromatic heterocycles. The Morgan fingerprint density at radius 3 is 2.73 bits per heavy atom. The van der Waals surface area contributed by atoms with E-state index in [0.29, 0.717) is 30.0 Å². The van der Waals surface area contributed by atoms with E-state index < -0.39 is 17.5 Å². The Hall–Kier alpha value is -2.57. The highest BCUT2D eigenvalue weighted by Crippen LogP contribution is 2.47. The van der Waals surface area contributed by atoms with Crippen LogP contribution < -0.4 is 10.9 Å². The topological polar surface area (TPSA) is 74.8 Å². The predicted octanol–water partition coefficient (Wildman–Crippen LogP) is 2.75. The van der Waals surface area contributed by atoms with Gasteiger partial charge in [-0.3, -0.25) is 9.59 Å². The van der Waals surface area contributed by atoms with Crippen LogP contribution in [-0.2, 0) is 6.42 Å². The molecule has 0 spiro atoms. The normalized spacial score (nSPS) is 16.2. The first-order valence-electron chi connectivity index (χ1n) is 8.56. The SMILES string of the molecule is Cc1cnc(C(=O)NC[C@](C)(Cc2ccc(F)cc2F)C2CC2)[nH]c1=O. The highest BCUT2D eigenvalue weighted by molar-refractivity contribution is 5.90. The summed E-state index contributed by atoms with van der Waals surface area (Å²) < 4.78 is 27.2. The van der Waals surface area contributed by atoms with E-state index in [2.05, 4.69) is 15.3 Å². The standard InChI is InChI=1S/C19H21F2N3O2/c1-11-9-22-16(24-17(11)25)18(26)23-10-19(2,13-4-5-13)8-12-3-6-14(20)7-15(12)21/h3,6-7,9,13H,4-5,8,10H2,1-2H3,(H,23,26)(H,22,24,25)/t19-/m0/s1. The molecule has 0 saturated heterocycles. The average molecular weight is 361 g/mol. The Labute approximate surface area is 149 Å². The van der Waals surface area contributed by atoms with Gasteiger partial charge in [0.1, 0.15) is 11.6 Å². The summed E-state index contributed by atoms with van der Waals surface area (Å²) in [5, 5.41) is 2.79. The molecule has 138 valence electrons. The maximum Gasteiger partial charge on any atom is 0.287 e. The zero-order valence-electron chi connectivity index (χ0n) is 14.7. The summed E-state index contributed by atoms with van der Waals surface area (Å²) in [7, 11) is 0. The number of aryl methyl sites for hydroxylation is 1. The van der Waals surface area contributed by atoms with Gasteiger partial charge in [-0.15, -0.1) is 0 Å². The minimum atomic E-state index is -0.609. The van der Waals surface area contributed by atoms with E-state index in [9.17, 15) is 18.4 Å². The quantitative estimate of drug-likeness (QED) is 0.831. The number of amides is 1. The van der Waals surface area contributed by atoms with Crippen LogP contribution in [0, 0.1) is 29.9 Å². The molecule has 1 atom stereocenters. The first-order valence-corrected chi connectivity index (χ1v) is 8.56. The van der Waals surface area contributed by atoms with Crippen LogP contribution in [0.5, 0.6) is 0 Å². The molecule has 2 N–H and O–H groups in total. The molecule has 7 heteroatoms. The Bertz CT molecular complexity index is 893. The summed E-state index contributed by atoms with van der Waals surface area (Å²) in [6.07, 6.45) is 3.76. The third-order valence-electron chi connectivity index (χ3n) is 5.02. The molecular weight excluding hydrogens is 340 g/mol. The van der Waals surface area contributed by atoms with Gasteiger partial charge in [-0.25, -0.2) is 13.8 Å². The Kier molecular flexibility index (Phi) is 4.89. The van der Waals surface area contributed by atoms with Crippen molar-refractivity contribution < 1.29 is 13.6 Å². The summed E-state index contributed by atoms with van der Waals surface area (Å²) in [6.45, 7) is 3.90. The predicted molar refractivity (Wildman–Crippen MR) is 92.8 cm³/mol. The largest absolute Gasteiger partial charge is 0.349 e. The van der Waals surface area contributed by atoms with Crippen LogP contribution >= 0.6 is 0 Å². The van der Waals surface area contributed by atoms with Crippen LogP contribution in [-0.4, -0.2) is 22.4 Å². The first-order chi connectivity index (χ1) is 12.3. The molecule has 1 heterocycles. The maximum atomic E-state index is 14.0. The molecule has 1 aliphatic rings. The van der Waals surface area contributed by atoms with Gasteiger partial charge >= 0.3 is 0 Å². The van der Waals surface area contributed by atoms with E-state index in [-0.39, 0.29) is 16.8 Å². The lowest BCUT2D eigenvalue weighted by molar-refractivity contribution is 0.0915. The van der Waals surface area contributed by atoms with Crippen molar-refractivity contribution in [3.63, 3.8) is 0 Å². The van der Waals surface area contributed by atoms with Crippen molar-refractivity contribution in [3.8, 4) is 0 Å². The highest BCUT2D eigenvalue weighted by Gasteiger charge is 2.42. The first kappa shape index (κ1) is 18.2. The van der Waals surface area contributed by atoms with Crippen molar-refractivity contribution in [1.82, 2.24) is 15.3 Å². The van der Waals surface area contributed by atoms with Gasteiger partial charge in [0.05, 0.1) is 0 Å². The number of hydrogen-bond donors (Lipinski definition) is 2. The molecule has 2 aromatic rings. The molecule has 1 amide bonds. The number of rotatable bonds is 6. The minimum Gasteiger partial charge on any atom is -0.349 e. The number of carbonyl (C=O) groups is 1. The molecule has 0 bridgehead atoms. The van der Waals surface area contributed by atoms with Gasteiger partial charge in [0, 0.05) is 24.4 Å². The Balaban J connectivity index is 1.72. The summed E-state index contributed by atoms with van der Waals surface area (Å²) in [6, 6.07) is 3.57. The average Bonchev–Trinajstić information content (AvgIpc) is 3.43. The maximum absolute atomic E-state index is 14.0. The van der Waals surface area contributed by atoms with Crippen LogP contribution in [0.4, 0.5) is 8.78 Å². The van der Waals surface area contributed by atoms with Crippen LogP contribution in [0.15, 0.2) is 29.2 Å². The van der Waals surface area contributed by atoms with Crippen LogP contribution in [0.3, 0.4) is 0 Å². The number of carbonyl (C=O) groups excluding carboxylic acids is 1. The van der Waals surface area contributed by atoms with Gasteiger partial charge in [0.2, 0.25) is 0 Å². The smallest absolute Gasteiger partial charge is 0.287 e. The van der Waals surface area contributed by atoms with Crippen molar-refractivity contribution in [2.45, 2.75) is 33.1 Å². The van der Waals surface area contributed by atoms with Crippen LogP contribution in [0.1, 0.15) is 41.5 Å². The molecule has 0 radical (unpaired) electrons. The number of hydrogen-bond acceptors (Lipinski definition) is 3. The zero-order chi connectivity index (χ0) is 18.9. The number of aromatic amines is 1. The van der Waals surface area contributed by atoms with E-state index in [1.807, 2.05) is 6.92 Å². The van der Waals surface area contributed by atoms with E-state index in [4.69, 9.17) is 0 Å². The second kappa shape index (κ2) is 6.97. The van der Waals surface area contributed by atoms with Gasteiger partial charge < -0.3 is 10.3 Å². The minimum absolute atomic E-state index is 0.0493. The number of halogens is 2. The molecule has 0 aliphatic heterocycles. The van der Waals surface area contributed by atoms with Gasteiger partial charge in [-0.2, -0.15) is 0 Å². The summed E-state index contributed by atoms with van der Waals surface area (Å²) in [5.74, 6) is -1.35. The van der Waals surface area contributed by atoms with Crippen molar-refractivity contribution in [2.75, 3.05) is 6.54 Å². The van der Waals surface area contributed by atoms with Crippen molar-refractivity contribution in [3.05, 3.63) is 63.3 Å². The fourth-order valence-electron chi connectivity index (χ4n) is 3.17. The van der Waals surface area contributed by atoms with E-state index in [1.54, 1.807) is 6.92 Å². The van der Waals surface area contributed by atoms with Crippen LogP contribution in [0.25, 0.3) is 0 Å². The van der Waals surface area contributed by atoms with Gasteiger partial charge in [-0.1, -0.05) is 13.0 Å². The fraction of sp³-hybridized carbons (Fsp3) is 0.421. The lowest BCUT2D eigenvalue weighted by Gasteiger charge is -2.30. The summed E-state index contributed by atoms with van der Waals surface area (Å²) in [5.41, 5.74) is 0.135. The van der Waals surface area contributed by atoms with Gasteiger partial charge in [0.15, 0.2) is 5.82 Å². The second-order valence-corrected chi connectivity index (χ2v) is 7.27. The molecular formula is C19H21F2N3O2. The molecule has 1 aromatic carbocycles. The van der Waals surface area contributed by atoms with Crippen molar-refractivity contribution >= 4 is 5.91 Å². The second-order valence-electron chi connectivity index (χ2n) is 7.27.